The quantitative estimate of drug-likeness (QED) is 0.890. The zero-order valence-corrected chi connectivity index (χ0v) is 14.1. The molecule has 1 saturated carbocycles. The fourth-order valence-electron chi connectivity index (χ4n) is 4.42. The summed E-state index contributed by atoms with van der Waals surface area (Å²) >= 11 is 0. The van der Waals surface area contributed by atoms with E-state index in [4.69, 9.17) is 10.5 Å². The monoisotopic (exact) mass is 325 g/mol. The van der Waals surface area contributed by atoms with Crippen molar-refractivity contribution in [3.8, 4) is 0 Å². The van der Waals surface area contributed by atoms with E-state index in [-0.39, 0.29) is 23.3 Å². The zero-order valence-electron chi connectivity index (χ0n) is 14.1. The van der Waals surface area contributed by atoms with E-state index < -0.39 is 5.54 Å². The Bertz CT molecular complexity index is 804. The smallest absolute Gasteiger partial charge is 0.245 e. The van der Waals surface area contributed by atoms with Crippen LogP contribution < -0.4 is 11.1 Å². The number of pyridine rings is 1. The molecule has 2 fully saturated rings. The number of carbonyl (C=O) groups excluding carboxylic acids is 1. The van der Waals surface area contributed by atoms with Gasteiger partial charge in [0, 0.05) is 35.2 Å². The number of aromatic nitrogens is 1. The summed E-state index contributed by atoms with van der Waals surface area (Å²) in [4.78, 5) is 17.3. The van der Waals surface area contributed by atoms with Gasteiger partial charge in [0.25, 0.3) is 0 Å². The molecule has 1 amide bonds. The van der Waals surface area contributed by atoms with Crippen molar-refractivity contribution >= 4 is 22.5 Å². The second-order valence-electron chi connectivity index (χ2n) is 7.50. The standard InChI is InChI=1S/C19H23N3O2/c1-18(2)16-14(6-4-10-24-16)19(18,20)17(23)22-13-7-8-15-12(11-13)5-3-9-21-15/h3,5,7-9,11,14,16H,4,6,10,20H2,1-2H3,(H,22,23). The summed E-state index contributed by atoms with van der Waals surface area (Å²) in [5, 5.41) is 4.01. The first-order valence-electron chi connectivity index (χ1n) is 8.51. The van der Waals surface area contributed by atoms with Crippen molar-refractivity contribution in [3.63, 3.8) is 0 Å². The van der Waals surface area contributed by atoms with Crippen LogP contribution >= 0.6 is 0 Å². The van der Waals surface area contributed by atoms with E-state index in [1.165, 1.54) is 0 Å². The molecule has 3 unspecified atom stereocenters. The Morgan fingerprint density at radius 2 is 2.21 bits per heavy atom. The number of benzene rings is 1. The molecule has 1 saturated heterocycles. The Kier molecular flexibility index (Phi) is 3.41. The van der Waals surface area contributed by atoms with Crippen molar-refractivity contribution in [1.29, 1.82) is 0 Å². The van der Waals surface area contributed by atoms with Crippen LogP contribution in [0.4, 0.5) is 5.69 Å². The molecule has 1 aliphatic heterocycles. The Morgan fingerprint density at radius 1 is 1.38 bits per heavy atom. The van der Waals surface area contributed by atoms with Crippen LogP contribution in [0.2, 0.25) is 0 Å². The van der Waals surface area contributed by atoms with Crippen LogP contribution in [0.25, 0.3) is 10.9 Å². The van der Waals surface area contributed by atoms with E-state index in [1.54, 1.807) is 6.20 Å². The minimum absolute atomic E-state index is 0.0720. The van der Waals surface area contributed by atoms with Crippen LogP contribution in [-0.2, 0) is 9.53 Å². The number of hydrogen-bond donors (Lipinski definition) is 2. The maximum atomic E-state index is 13.0. The summed E-state index contributed by atoms with van der Waals surface area (Å²) < 4.78 is 5.88. The third-order valence-electron chi connectivity index (χ3n) is 5.92. The maximum Gasteiger partial charge on any atom is 0.245 e. The van der Waals surface area contributed by atoms with Gasteiger partial charge in [0.05, 0.1) is 11.6 Å². The summed E-state index contributed by atoms with van der Waals surface area (Å²) in [7, 11) is 0. The summed E-state index contributed by atoms with van der Waals surface area (Å²) in [5.41, 5.74) is 7.02. The topological polar surface area (TPSA) is 77.2 Å². The summed E-state index contributed by atoms with van der Waals surface area (Å²) in [5.74, 6) is -0.0362. The van der Waals surface area contributed by atoms with Gasteiger partial charge in [-0.25, -0.2) is 0 Å². The number of nitrogens with two attached hydrogens (primary N) is 1. The molecule has 0 spiro atoms. The van der Waals surface area contributed by atoms with Crippen LogP contribution in [0.5, 0.6) is 0 Å². The lowest BCUT2D eigenvalue weighted by molar-refractivity contribution is -0.222. The fraction of sp³-hybridized carbons (Fsp3) is 0.474. The third kappa shape index (κ3) is 2.01. The maximum absolute atomic E-state index is 13.0. The van der Waals surface area contributed by atoms with Crippen molar-refractivity contribution < 1.29 is 9.53 Å². The first-order chi connectivity index (χ1) is 11.4. The van der Waals surface area contributed by atoms with Crippen LogP contribution in [0, 0.1) is 11.3 Å². The van der Waals surface area contributed by atoms with Gasteiger partial charge >= 0.3 is 0 Å². The molecule has 5 heteroatoms. The number of ether oxygens (including phenoxy) is 1. The van der Waals surface area contributed by atoms with Gasteiger partial charge in [-0.3, -0.25) is 9.78 Å². The summed E-state index contributed by atoms with van der Waals surface area (Å²) in [6.45, 7) is 4.83. The van der Waals surface area contributed by atoms with E-state index in [1.807, 2.05) is 44.2 Å². The second kappa shape index (κ2) is 5.26. The van der Waals surface area contributed by atoms with Crippen molar-refractivity contribution in [1.82, 2.24) is 4.98 Å². The molecule has 1 aliphatic carbocycles. The summed E-state index contributed by atoms with van der Waals surface area (Å²) in [6.07, 6.45) is 3.74. The Balaban J connectivity index is 1.60. The molecule has 0 bridgehead atoms. The first-order valence-corrected chi connectivity index (χ1v) is 8.51. The minimum Gasteiger partial charge on any atom is -0.377 e. The van der Waals surface area contributed by atoms with Crippen molar-refractivity contribution in [3.05, 3.63) is 36.5 Å². The van der Waals surface area contributed by atoms with Gasteiger partial charge in [-0.1, -0.05) is 19.9 Å². The number of nitrogens with one attached hydrogen (secondary N) is 1. The minimum atomic E-state index is -0.901. The highest BCUT2D eigenvalue weighted by molar-refractivity contribution is 6.01. The molecule has 2 aromatic rings. The Labute approximate surface area is 141 Å². The number of anilines is 1. The van der Waals surface area contributed by atoms with Crippen LogP contribution in [0.3, 0.4) is 0 Å². The molecule has 3 N–H and O–H groups in total. The third-order valence-corrected chi connectivity index (χ3v) is 5.92. The molecule has 5 nitrogen and oxygen atoms in total. The van der Waals surface area contributed by atoms with E-state index in [2.05, 4.69) is 10.3 Å². The predicted octanol–water partition coefficient (Wildman–Crippen LogP) is 2.71. The molecule has 2 heterocycles. The molecule has 4 rings (SSSR count). The molecule has 0 radical (unpaired) electrons. The molecule has 126 valence electrons. The van der Waals surface area contributed by atoms with Crippen molar-refractivity contribution in [2.45, 2.75) is 38.3 Å². The molecular formula is C19H23N3O2. The molecular weight excluding hydrogens is 302 g/mol. The van der Waals surface area contributed by atoms with Gasteiger partial charge in [-0.15, -0.1) is 0 Å². The normalized spacial score (nSPS) is 31.1. The van der Waals surface area contributed by atoms with Gasteiger partial charge in [0.1, 0.15) is 5.54 Å². The van der Waals surface area contributed by atoms with E-state index in [0.29, 0.717) is 0 Å². The number of nitrogens with zero attached hydrogens (tertiary/aromatic N) is 1. The van der Waals surface area contributed by atoms with Crippen molar-refractivity contribution in [2.24, 2.45) is 17.1 Å². The highest BCUT2D eigenvalue weighted by Crippen LogP contribution is 2.57. The van der Waals surface area contributed by atoms with E-state index in [0.717, 1.165) is 36.0 Å². The average molecular weight is 325 g/mol. The number of carbonyl (C=O) groups is 1. The van der Waals surface area contributed by atoms with Crippen LogP contribution in [0.15, 0.2) is 36.5 Å². The molecule has 1 aromatic carbocycles. The number of amides is 1. The van der Waals surface area contributed by atoms with Gasteiger partial charge in [-0.2, -0.15) is 0 Å². The Morgan fingerprint density at radius 3 is 3.04 bits per heavy atom. The van der Waals surface area contributed by atoms with Gasteiger partial charge in [-0.05, 0) is 37.1 Å². The van der Waals surface area contributed by atoms with Crippen LogP contribution in [0.1, 0.15) is 26.7 Å². The second-order valence-corrected chi connectivity index (χ2v) is 7.50. The lowest BCUT2D eigenvalue weighted by Crippen LogP contribution is -2.81. The van der Waals surface area contributed by atoms with Gasteiger partial charge in [0.2, 0.25) is 5.91 Å². The largest absolute Gasteiger partial charge is 0.377 e. The number of hydrogen-bond acceptors (Lipinski definition) is 4. The Hall–Kier alpha value is -1.98. The molecule has 2 aliphatic rings. The lowest BCUT2D eigenvalue weighted by Gasteiger charge is -2.65. The van der Waals surface area contributed by atoms with E-state index >= 15 is 0 Å². The SMILES string of the molecule is CC1(C)C2OCCCC2C1(N)C(=O)Nc1ccc2ncccc2c1. The number of rotatable bonds is 2. The molecule has 3 atom stereocenters. The number of fused-ring (bicyclic) bond motifs is 2. The fourth-order valence-corrected chi connectivity index (χ4v) is 4.42. The molecule has 1 aromatic heterocycles. The highest BCUT2D eigenvalue weighted by atomic mass is 16.5. The summed E-state index contributed by atoms with van der Waals surface area (Å²) in [6, 6.07) is 9.58. The van der Waals surface area contributed by atoms with Crippen molar-refractivity contribution in [2.75, 3.05) is 11.9 Å². The lowest BCUT2D eigenvalue weighted by atomic mass is 9.46. The van der Waals surface area contributed by atoms with Gasteiger partial charge in [0.15, 0.2) is 0 Å². The average Bonchev–Trinajstić information content (AvgIpc) is 2.60. The van der Waals surface area contributed by atoms with E-state index in [9.17, 15) is 4.79 Å². The first kappa shape index (κ1) is 15.5. The molecule has 24 heavy (non-hydrogen) atoms. The van der Waals surface area contributed by atoms with Gasteiger partial charge < -0.3 is 15.8 Å². The zero-order chi connectivity index (χ0) is 16.9. The van der Waals surface area contributed by atoms with Crippen LogP contribution in [-0.4, -0.2) is 29.1 Å². The predicted molar refractivity (Wildman–Crippen MR) is 93.5 cm³/mol. The highest BCUT2D eigenvalue weighted by Gasteiger charge is 2.70.